The first kappa shape index (κ1) is 19.4. The summed E-state index contributed by atoms with van der Waals surface area (Å²) in [6.45, 7) is 3.18. The maximum atomic E-state index is 12.1. The first-order valence-corrected chi connectivity index (χ1v) is 8.14. The smallest absolute Gasteiger partial charge is 0.339 e. The molecule has 1 amide bonds. The van der Waals surface area contributed by atoms with Gasteiger partial charge in [-0.25, -0.2) is 4.79 Å². The van der Waals surface area contributed by atoms with Crippen LogP contribution in [0.4, 0.5) is 5.69 Å². The number of nitrogens with zero attached hydrogens (tertiary/aromatic N) is 1. The molecular weight excluding hydrogens is 360 g/mol. The summed E-state index contributed by atoms with van der Waals surface area (Å²) >= 11 is 6.01. The van der Waals surface area contributed by atoms with Gasteiger partial charge in [-0.1, -0.05) is 35.9 Å². The van der Waals surface area contributed by atoms with E-state index in [1.54, 1.807) is 31.2 Å². The van der Waals surface area contributed by atoms with Gasteiger partial charge in [0.25, 0.3) is 11.6 Å². The lowest BCUT2D eigenvalue weighted by molar-refractivity contribution is -0.385. The van der Waals surface area contributed by atoms with Crippen molar-refractivity contribution in [3.63, 3.8) is 0 Å². The Morgan fingerprint density at radius 2 is 1.96 bits per heavy atom. The van der Waals surface area contributed by atoms with Crippen molar-refractivity contribution in [2.45, 2.75) is 26.5 Å². The van der Waals surface area contributed by atoms with Gasteiger partial charge in [-0.3, -0.25) is 14.9 Å². The highest BCUT2D eigenvalue weighted by molar-refractivity contribution is 6.31. The van der Waals surface area contributed by atoms with E-state index in [1.165, 1.54) is 19.1 Å². The van der Waals surface area contributed by atoms with Gasteiger partial charge >= 0.3 is 5.97 Å². The summed E-state index contributed by atoms with van der Waals surface area (Å²) in [5.41, 5.74) is 0.982. The second kappa shape index (κ2) is 8.44. The van der Waals surface area contributed by atoms with Crippen LogP contribution in [0.25, 0.3) is 0 Å². The Bertz CT molecular complexity index is 853. The van der Waals surface area contributed by atoms with Crippen LogP contribution in [0.5, 0.6) is 0 Å². The summed E-state index contributed by atoms with van der Waals surface area (Å²) in [6.07, 6.45) is -1.06. The average molecular weight is 377 g/mol. The van der Waals surface area contributed by atoms with Crippen molar-refractivity contribution in [2.75, 3.05) is 0 Å². The topological polar surface area (TPSA) is 98.5 Å². The number of hydrogen-bond acceptors (Lipinski definition) is 5. The summed E-state index contributed by atoms with van der Waals surface area (Å²) in [6, 6.07) is 11.0. The third-order valence-corrected chi connectivity index (χ3v) is 4.07. The van der Waals surface area contributed by atoms with Crippen LogP contribution in [0.1, 0.15) is 28.4 Å². The van der Waals surface area contributed by atoms with Crippen LogP contribution in [0, 0.1) is 17.0 Å². The number of carbonyl (C=O) groups is 2. The van der Waals surface area contributed by atoms with Gasteiger partial charge in [0.15, 0.2) is 6.10 Å². The fraction of sp³-hybridized carbons (Fsp3) is 0.222. The number of halogens is 1. The summed E-state index contributed by atoms with van der Waals surface area (Å²) < 4.78 is 5.08. The lowest BCUT2D eigenvalue weighted by atomic mass is 10.1. The Morgan fingerprint density at radius 1 is 1.27 bits per heavy atom. The predicted molar refractivity (Wildman–Crippen MR) is 96.0 cm³/mol. The molecule has 0 saturated carbocycles. The fourth-order valence-corrected chi connectivity index (χ4v) is 2.39. The summed E-state index contributed by atoms with van der Waals surface area (Å²) in [5, 5.41) is 14.1. The Labute approximate surface area is 155 Å². The van der Waals surface area contributed by atoms with E-state index in [2.05, 4.69) is 5.32 Å². The molecule has 0 unspecified atom stereocenters. The second-order valence-corrected chi connectivity index (χ2v) is 6.02. The molecule has 0 spiro atoms. The number of rotatable bonds is 6. The van der Waals surface area contributed by atoms with Gasteiger partial charge in [-0.15, -0.1) is 0 Å². The van der Waals surface area contributed by atoms with Gasteiger partial charge < -0.3 is 10.1 Å². The van der Waals surface area contributed by atoms with Crippen LogP contribution >= 0.6 is 11.6 Å². The molecule has 0 radical (unpaired) electrons. The molecule has 0 saturated heterocycles. The number of aryl methyl sites for hydroxylation is 1. The third-order valence-electron chi connectivity index (χ3n) is 3.71. The van der Waals surface area contributed by atoms with E-state index < -0.39 is 22.9 Å². The maximum Gasteiger partial charge on any atom is 0.339 e. The molecule has 0 heterocycles. The van der Waals surface area contributed by atoms with Gasteiger partial charge in [0.1, 0.15) is 0 Å². The molecule has 0 aliphatic heterocycles. The van der Waals surface area contributed by atoms with Gasteiger partial charge in [0, 0.05) is 23.2 Å². The van der Waals surface area contributed by atoms with Crippen molar-refractivity contribution in [3.05, 3.63) is 74.3 Å². The Balaban J connectivity index is 1.98. The molecular formula is C18H17ClN2O5. The molecule has 136 valence electrons. The first-order valence-electron chi connectivity index (χ1n) is 7.76. The van der Waals surface area contributed by atoms with Crippen molar-refractivity contribution in [1.82, 2.24) is 5.32 Å². The molecule has 0 fully saturated rings. The summed E-state index contributed by atoms with van der Waals surface area (Å²) in [5.74, 6) is -1.31. The number of esters is 1. The van der Waals surface area contributed by atoms with Crippen LogP contribution in [0.15, 0.2) is 42.5 Å². The Kier molecular flexibility index (Phi) is 6.30. The van der Waals surface area contributed by atoms with Crippen LogP contribution in [-0.2, 0) is 16.1 Å². The molecule has 0 aliphatic rings. The molecule has 0 aromatic heterocycles. The van der Waals surface area contributed by atoms with E-state index in [9.17, 15) is 19.7 Å². The quantitative estimate of drug-likeness (QED) is 0.473. The molecule has 0 aliphatic carbocycles. The lowest BCUT2D eigenvalue weighted by Crippen LogP contribution is -2.35. The second-order valence-electron chi connectivity index (χ2n) is 5.62. The molecule has 2 rings (SSSR count). The van der Waals surface area contributed by atoms with Crippen LogP contribution in [0.3, 0.4) is 0 Å². The number of hydrogen-bond donors (Lipinski definition) is 1. The zero-order chi connectivity index (χ0) is 19.3. The zero-order valence-electron chi connectivity index (χ0n) is 14.2. The number of carbonyl (C=O) groups excluding carboxylic acids is 2. The number of amides is 1. The monoisotopic (exact) mass is 376 g/mol. The highest BCUT2D eigenvalue weighted by Gasteiger charge is 2.21. The number of ether oxygens (including phenoxy) is 1. The maximum absolute atomic E-state index is 12.1. The van der Waals surface area contributed by atoms with Crippen molar-refractivity contribution in [3.8, 4) is 0 Å². The van der Waals surface area contributed by atoms with Crippen LogP contribution in [0.2, 0.25) is 5.02 Å². The Morgan fingerprint density at radius 3 is 2.62 bits per heavy atom. The average Bonchev–Trinajstić information content (AvgIpc) is 2.60. The molecule has 0 bridgehead atoms. The molecule has 1 N–H and O–H groups in total. The summed E-state index contributed by atoms with van der Waals surface area (Å²) in [7, 11) is 0. The number of nitro groups is 1. The number of nitrogens with one attached hydrogen (secondary N) is 1. The van der Waals surface area contributed by atoms with Crippen molar-refractivity contribution < 1.29 is 19.2 Å². The van der Waals surface area contributed by atoms with Crippen LogP contribution < -0.4 is 5.32 Å². The number of benzene rings is 2. The molecule has 7 nitrogen and oxygen atoms in total. The normalized spacial score (nSPS) is 11.5. The van der Waals surface area contributed by atoms with E-state index in [0.29, 0.717) is 10.6 Å². The highest BCUT2D eigenvalue weighted by Crippen LogP contribution is 2.20. The van der Waals surface area contributed by atoms with Crippen molar-refractivity contribution in [2.24, 2.45) is 0 Å². The van der Waals surface area contributed by atoms with Crippen LogP contribution in [-0.4, -0.2) is 22.9 Å². The van der Waals surface area contributed by atoms with E-state index in [1.807, 2.05) is 0 Å². The molecule has 26 heavy (non-hydrogen) atoms. The van der Waals surface area contributed by atoms with Gasteiger partial charge in [0.2, 0.25) is 0 Å². The van der Waals surface area contributed by atoms with E-state index in [-0.39, 0.29) is 17.8 Å². The highest BCUT2D eigenvalue weighted by atomic mass is 35.5. The van der Waals surface area contributed by atoms with Gasteiger partial charge in [-0.2, -0.15) is 0 Å². The SMILES string of the molecule is Cc1ccc(C(=O)O[C@H](C)C(=O)NCc2ccccc2Cl)cc1[N+](=O)[O-]. The Hall–Kier alpha value is -2.93. The standard InChI is InChI=1S/C18H17ClN2O5/c1-11-7-8-13(9-16(11)21(24)25)18(23)26-12(2)17(22)20-10-14-5-3-4-6-15(14)19/h3-9,12H,10H2,1-2H3,(H,20,22)/t12-/m1/s1. The van der Waals surface area contributed by atoms with E-state index in [0.717, 1.165) is 11.6 Å². The van der Waals surface area contributed by atoms with E-state index >= 15 is 0 Å². The molecule has 2 aromatic rings. The lowest BCUT2D eigenvalue weighted by Gasteiger charge is -2.14. The fourth-order valence-electron chi connectivity index (χ4n) is 2.18. The van der Waals surface area contributed by atoms with Crippen molar-refractivity contribution in [1.29, 1.82) is 0 Å². The van der Waals surface area contributed by atoms with Gasteiger partial charge in [0.05, 0.1) is 10.5 Å². The third kappa shape index (κ3) is 4.80. The number of nitro benzene ring substituents is 1. The minimum Gasteiger partial charge on any atom is -0.449 e. The van der Waals surface area contributed by atoms with E-state index in [4.69, 9.17) is 16.3 Å². The first-order chi connectivity index (χ1) is 12.3. The largest absolute Gasteiger partial charge is 0.449 e. The van der Waals surface area contributed by atoms with Gasteiger partial charge in [-0.05, 0) is 31.5 Å². The minimum absolute atomic E-state index is 0.00746. The molecule has 8 heteroatoms. The minimum atomic E-state index is -1.06. The summed E-state index contributed by atoms with van der Waals surface area (Å²) in [4.78, 5) is 34.6. The van der Waals surface area contributed by atoms with Crippen molar-refractivity contribution >= 4 is 29.2 Å². The molecule has 1 atom stereocenters. The molecule has 2 aromatic carbocycles. The zero-order valence-corrected chi connectivity index (χ0v) is 14.9. The predicted octanol–water partition coefficient (Wildman–Crippen LogP) is 3.42.